The number of halogens is 3. The molecule has 2 rings (SSSR count). The first kappa shape index (κ1) is 16.0. The number of para-hydroxylation sites is 1. The highest BCUT2D eigenvalue weighted by Gasteiger charge is 2.33. The quantitative estimate of drug-likeness (QED) is 0.899. The fourth-order valence-corrected chi connectivity index (χ4v) is 2.11. The summed E-state index contributed by atoms with van der Waals surface area (Å²) in [5.74, 6) is 0.0212. The van der Waals surface area contributed by atoms with Crippen LogP contribution in [-0.4, -0.2) is 24.9 Å². The van der Waals surface area contributed by atoms with Crippen LogP contribution in [0.4, 0.5) is 30.5 Å². The lowest BCUT2D eigenvalue weighted by molar-refractivity contribution is -0.136. The molecule has 0 aliphatic rings. The Morgan fingerprint density at radius 3 is 2.14 bits per heavy atom. The topological polar surface area (TPSA) is 84.0 Å². The molecule has 0 aliphatic heterocycles. The van der Waals surface area contributed by atoms with Crippen molar-refractivity contribution in [3.63, 3.8) is 0 Å². The molecule has 1 heterocycles. The van der Waals surface area contributed by atoms with Gasteiger partial charge >= 0.3 is 6.18 Å². The molecule has 1 aromatic heterocycles. The van der Waals surface area contributed by atoms with Crippen LogP contribution in [0.3, 0.4) is 0 Å². The summed E-state index contributed by atoms with van der Waals surface area (Å²) in [6, 6.07) is 7.52. The summed E-state index contributed by atoms with van der Waals surface area (Å²) in [5, 5.41) is 9.69. The van der Waals surface area contributed by atoms with E-state index in [-0.39, 0.29) is 17.3 Å². The molecule has 0 spiro atoms. The molecule has 2 aromatic rings. The van der Waals surface area contributed by atoms with Crippen LogP contribution in [-0.2, 0) is 16.2 Å². The van der Waals surface area contributed by atoms with Crippen molar-refractivity contribution in [2.24, 2.45) is 0 Å². The highest BCUT2D eigenvalue weighted by molar-refractivity contribution is 7.92. The summed E-state index contributed by atoms with van der Waals surface area (Å²) in [6.45, 7) is 0. The first-order valence-corrected chi connectivity index (χ1v) is 7.79. The zero-order valence-electron chi connectivity index (χ0n) is 11.2. The number of hydrogen-bond donors (Lipinski definition) is 2. The molecular weight excluding hydrogens is 321 g/mol. The molecule has 0 radical (unpaired) electrons. The highest BCUT2D eigenvalue weighted by Crippen LogP contribution is 2.35. The van der Waals surface area contributed by atoms with E-state index in [0.717, 1.165) is 12.3 Å². The zero-order chi connectivity index (χ0) is 16.4. The fraction of sp³-hybridized carbons (Fsp3) is 0.167. The van der Waals surface area contributed by atoms with Crippen molar-refractivity contribution in [1.82, 2.24) is 10.2 Å². The van der Waals surface area contributed by atoms with Crippen molar-refractivity contribution < 1.29 is 21.6 Å². The van der Waals surface area contributed by atoms with Crippen LogP contribution < -0.4 is 10.0 Å². The van der Waals surface area contributed by atoms with Gasteiger partial charge in [0.15, 0.2) is 11.6 Å². The van der Waals surface area contributed by atoms with Gasteiger partial charge in [-0.15, -0.1) is 10.2 Å². The second-order valence-corrected chi connectivity index (χ2v) is 6.09. The number of benzene rings is 1. The van der Waals surface area contributed by atoms with Gasteiger partial charge in [-0.25, -0.2) is 8.42 Å². The summed E-state index contributed by atoms with van der Waals surface area (Å²) in [4.78, 5) is 0. The van der Waals surface area contributed by atoms with Crippen molar-refractivity contribution in [1.29, 1.82) is 0 Å². The average Bonchev–Trinajstić information content (AvgIpc) is 2.39. The van der Waals surface area contributed by atoms with Gasteiger partial charge in [-0.05, 0) is 24.3 Å². The Kier molecular flexibility index (Phi) is 4.22. The standard InChI is InChI=1S/C12H11F3N4O2S/c1-22(20,21)19-11-7-6-10(17-18-11)16-9-5-3-2-4-8(9)12(13,14)15/h2-7H,1H3,(H,16,17)(H,18,19). The molecule has 0 bridgehead atoms. The van der Waals surface area contributed by atoms with Gasteiger partial charge in [-0.1, -0.05) is 12.1 Å². The monoisotopic (exact) mass is 332 g/mol. The number of hydrogen-bond acceptors (Lipinski definition) is 5. The van der Waals surface area contributed by atoms with Gasteiger partial charge in [0.25, 0.3) is 0 Å². The minimum Gasteiger partial charge on any atom is -0.338 e. The lowest BCUT2D eigenvalue weighted by Gasteiger charge is -2.13. The van der Waals surface area contributed by atoms with Gasteiger partial charge in [0.2, 0.25) is 10.0 Å². The number of alkyl halides is 3. The minimum atomic E-state index is -4.51. The smallest absolute Gasteiger partial charge is 0.338 e. The van der Waals surface area contributed by atoms with Crippen LogP contribution >= 0.6 is 0 Å². The van der Waals surface area contributed by atoms with Gasteiger partial charge in [0, 0.05) is 0 Å². The summed E-state index contributed by atoms with van der Waals surface area (Å²) in [5.41, 5.74) is -1.01. The van der Waals surface area contributed by atoms with E-state index in [2.05, 4.69) is 20.2 Å². The average molecular weight is 332 g/mol. The number of rotatable bonds is 4. The van der Waals surface area contributed by atoms with Gasteiger partial charge in [-0.3, -0.25) is 4.72 Å². The molecule has 2 N–H and O–H groups in total. The van der Waals surface area contributed by atoms with E-state index in [1.807, 2.05) is 0 Å². The summed E-state index contributed by atoms with van der Waals surface area (Å²) < 4.78 is 62.7. The molecule has 10 heteroatoms. The zero-order valence-corrected chi connectivity index (χ0v) is 12.0. The molecule has 6 nitrogen and oxygen atoms in total. The van der Waals surface area contributed by atoms with Gasteiger partial charge in [0.1, 0.15) is 0 Å². The first-order chi connectivity index (χ1) is 10.1. The number of sulfonamides is 1. The third kappa shape index (κ3) is 4.32. The molecule has 0 fully saturated rings. The highest BCUT2D eigenvalue weighted by atomic mass is 32.2. The number of nitrogens with zero attached hydrogens (tertiary/aromatic N) is 2. The maximum absolute atomic E-state index is 12.8. The summed E-state index contributed by atoms with van der Waals surface area (Å²) in [7, 11) is -3.50. The van der Waals surface area contributed by atoms with Crippen LogP contribution in [0, 0.1) is 0 Å². The molecule has 0 saturated carbocycles. The maximum atomic E-state index is 12.8. The van der Waals surface area contributed by atoms with E-state index in [1.165, 1.54) is 30.3 Å². The lowest BCUT2D eigenvalue weighted by atomic mass is 10.1. The van der Waals surface area contributed by atoms with E-state index in [0.29, 0.717) is 0 Å². The van der Waals surface area contributed by atoms with Crippen LogP contribution in [0.15, 0.2) is 36.4 Å². The number of anilines is 3. The molecule has 0 amide bonds. The normalized spacial score (nSPS) is 12.0. The van der Waals surface area contributed by atoms with Crippen molar-refractivity contribution in [2.45, 2.75) is 6.18 Å². The Hall–Kier alpha value is -2.36. The lowest BCUT2D eigenvalue weighted by Crippen LogP contribution is -2.12. The Morgan fingerprint density at radius 2 is 1.59 bits per heavy atom. The second kappa shape index (κ2) is 5.79. The molecule has 0 atom stereocenters. The van der Waals surface area contributed by atoms with E-state index >= 15 is 0 Å². The summed E-state index contributed by atoms with van der Waals surface area (Å²) in [6.07, 6.45) is -3.56. The van der Waals surface area contributed by atoms with E-state index in [1.54, 1.807) is 0 Å². The molecule has 0 aliphatic carbocycles. The third-order valence-electron chi connectivity index (χ3n) is 2.45. The van der Waals surface area contributed by atoms with Gasteiger partial charge in [0.05, 0.1) is 17.5 Å². The van der Waals surface area contributed by atoms with E-state index < -0.39 is 21.8 Å². The first-order valence-electron chi connectivity index (χ1n) is 5.90. The Balaban J connectivity index is 2.22. The molecule has 1 aromatic carbocycles. The van der Waals surface area contributed by atoms with Crippen LogP contribution in [0.2, 0.25) is 0 Å². The molecule has 22 heavy (non-hydrogen) atoms. The molecular formula is C12H11F3N4O2S. The maximum Gasteiger partial charge on any atom is 0.418 e. The Morgan fingerprint density at radius 1 is 1.00 bits per heavy atom. The fourth-order valence-electron chi connectivity index (χ4n) is 1.62. The molecule has 0 saturated heterocycles. The number of aromatic nitrogens is 2. The van der Waals surface area contributed by atoms with Crippen molar-refractivity contribution in [3.05, 3.63) is 42.0 Å². The predicted molar refractivity (Wildman–Crippen MR) is 75.2 cm³/mol. The van der Waals surface area contributed by atoms with Crippen LogP contribution in [0.5, 0.6) is 0 Å². The summed E-state index contributed by atoms with van der Waals surface area (Å²) >= 11 is 0. The van der Waals surface area contributed by atoms with Crippen molar-refractivity contribution in [2.75, 3.05) is 16.3 Å². The number of nitrogens with one attached hydrogen (secondary N) is 2. The van der Waals surface area contributed by atoms with E-state index in [4.69, 9.17) is 0 Å². The van der Waals surface area contributed by atoms with Gasteiger partial charge in [-0.2, -0.15) is 13.2 Å². The van der Waals surface area contributed by atoms with Gasteiger partial charge < -0.3 is 5.32 Å². The second-order valence-electron chi connectivity index (χ2n) is 4.35. The van der Waals surface area contributed by atoms with E-state index in [9.17, 15) is 21.6 Å². The Labute approximate surface area is 124 Å². The Bertz CT molecular complexity index is 761. The largest absolute Gasteiger partial charge is 0.418 e. The van der Waals surface area contributed by atoms with Crippen LogP contribution in [0.1, 0.15) is 5.56 Å². The third-order valence-corrected chi connectivity index (χ3v) is 3.03. The molecule has 0 unspecified atom stereocenters. The SMILES string of the molecule is CS(=O)(=O)Nc1ccc(Nc2ccccc2C(F)(F)F)nn1. The minimum absolute atomic E-state index is 0.0304. The van der Waals surface area contributed by atoms with Crippen molar-refractivity contribution >= 4 is 27.3 Å². The molecule has 118 valence electrons. The predicted octanol–water partition coefficient (Wildman–Crippen LogP) is 2.61. The van der Waals surface area contributed by atoms with Crippen LogP contribution in [0.25, 0.3) is 0 Å². The van der Waals surface area contributed by atoms with Crippen molar-refractivity contribution in [3.8, 4) is 0 Å².